The van der Waals surface area contributed by atoms with Crippen molar-refractivity contribution < 1.29 is 18.7 Å². The van der Waals surface area contributed by atoms with E-state index >= 15 is 0 Å². The summed E-state index contributed by atoms with van der Waals surface area (Å²) in [7, 11) is 0. The van der Waals surface area contributed by atoms with E-state index in [1.807, 2.05) is 41.8 Å². The van der Waals surface area contributed by atoms with E-state index in [1.165, 1.54) is 10.9 Å². The van der Waals surface area contributed by atoms with Gasteiger partial charge in [-0.2, -0.15) is 0 Å². The molecule has 7 heteroatoms. The van der Waals surface area contributed by atoms with Gasteiger partial charge in [0.15, 0.2) is 11.6 Å². The van der Waals surface area contributed by atoms with E-state index in [4.69, 9.17) is 4.74 Å². The summed E-state index contributed by atoms with van der Waals surface area (Å²) in [5.74, 6) is -0.143. The van der Waals surface area contributed by atoms with Gasteiger partial charge in [0.05, 0.1) is 19.0 Å². The van der Waals surface area contributed by atoms with Crippen molar-refractivity contribution >= 4 is 23.2 Å². The lowest BCUT2D eigenvalue weighted by molar-refractivity contribution is -0.143. The molecule has 36 heavy (non-hydrogen) atoms. The number of fused-ring (bicyclic) bond motifs is 1. The van der Waals surface area contributed by atoms with Crippen molar-refractivity contribution in [3.05, 3.63) is 87.9 Å². The predicted octanol–water partition coefficient (Wildman–Crippen LogP) is 5.51. The maximum atomic E-state index is 14.2. The first-order valence-electron chi connectivity index (χ1n) is 12.5. The van der Waals surface area contributed by atoms with Gasteiger partial charge >= 0.3 is 0 Å². The number of thiophene rings is 1. The Kier molecular flexibility index (Phi) is 8.75. The third kappa shape index (κ3) is 6.32. The van der Waals surface area contributed by atoms with Crippen molar-refractivity contribution in [2.75, 3.05) is 26.2 Å². The van der Waals surface area contributed by atoms with Crippen LogP contribution in [-0.2, 0) is 22.4 Å². The van der Waals surface area contributed by atoms with Crippen molar-refractivity contribution in [2.45, 2.75) is 39.2 Å². The Morgan fingerprint density at radius 2 is 1.89 bits per heavy atom. The fourth-order valence-corrected chi connectivity index (χ4v) is 5.43. The first kappa shape index (κ1) is 25.9. The summed E-state index contributed by atoms with van der Waals surface area (Å²) in [6, 6.07) is 17.6. The Hall–Kier alpha value is -3.19. The summed E-state index contributed by atoms with van der Waals surface area (Å²) in [5, 5.41) is 2.02. The molecule has 0 fully saturated rings. The highest BCUT2D eigenvalue weighted by Crippen LogP contribution is 2.34. The first-order valence-corrected chi connectivity index (χ1v) is 13.4. The van der Waals surface area contributed by atoms with E-state index in [0.717, 1.165) is 24.0 Å². The standard InChI is InChI=1S/C29H33FN2O3S/c1-3-21(2)18-31(28(33)17-22-9-5-4-6-10-22)19-29(34)32-15-13-27-23(14-16-36-27)25(32)20-35-26-12-8-7-11-24(26)30/h4-12,14,16,21,25H,3,13,15,17-20H2,1-2H3/t21-,25+/m0/s1. The highest BCUT2D eigenvalue weighted by Gasteiger charge is 2.34. The molecule has 2 heterocycles. The van der Waals surface area contributed by atoms with Gasteiger partial charge in [0, 0.05) is 18.0 Å². The molecule has 2 aromatic carbocycles. The van der Waals surface area contributed by atoms with Crippen LogP contribution in [-0.4, -0.2) is 47.9 Å². The molecule has 5 nitrogen and oxygen atoms in total. The second kappa shape index (κ2) is 12.2. The number of carbonyl (C=O) groups is 2. The van der Waals surface area contributed by atoms with E-state index in [-0.39, 0.29) is 49.1 Å². The third-order valence-corrected chi connectivity index (χ3v) is 7.75. The minimum absolute atomic E-state index is 0.0195. The molecule has 0 bridgehead atoms. The van der Waals surface area contributed by atoms with E-state index in [9.17, 15) is 14.0 Å². The fraction of sp³-hybridized carbons (Fsp3) is 0.379. The second-order valence-corrected chi connectivity index (χ2v) is 10.3. The van der Waals surface area contributed by atoms with E-state index < -0.39 is 5.82 Å². The summed E-state index contributed by atoms with van der Waals surface area (Å²) < 4.78 is 20.0. The van der Waals surface area contributed by atoms with Crippen LogP contribution in [0, 0.1) is 11.7 Å². The molecule has 0 spiro atoms. The van der Waals surface area contributed by atoms with Crippen molar-refractivity contribution in [3.8, 4) is 5.75 Å². The summed E-state index contributed by atoms with van der Waals surface area (Å²) >= 11 is 1.67. The monoisotopic (exact) mass is 508 g/mol. The number of hydrogen-bond acceptors (Lipinski definition) is 4. The van der Waals surface area contributed by atoms with Gasteiger partial charge in [0.1, 0.15) is 6.61 Å². The highest BCUT2D eigenvalue weighted by atomic mass is 32.1. The maximum absolute atomic E-state index is 14.2. The molecule has 1 aromatic heterocycles. The Labute approximate surface area is 216 Å². The van der Waals surface area contributed by atoms with Gasteiger partial charge in [-0.05, 0) is 47.0 Å². The maximum Gasteiger partial charge on any atom is 0.242 e. The lowest BCUT2D eigenvalue weighted by atomic mass is 10.00. The van der Waals surface area contributed by atoms with Gasteiger partial charge in [0.25, 0.3) is 0 Å². The third-order valence-electron chi connectivity index (χ3n) is 6.75. The average Bonchev–Trinajstić information content (AvgIpc) is 3.37. The van der Waals surface area contributed by atoms with Crippen LogP contribution in [0.2, 0.25) is 0 Å². The molecule has 190 valence electrons. The SMILES string of the molecule is CC[C@H](C)CN(CC(=O)N1CCc2sccc2[C@H]1COc1ccccc1F)C(=O)Cc1ccccc1. The molecule has 0 saturated heterocycles. The van der Waals surface area contributed by atoms with Crippen molar-refractivity contribution in [1.82, 2.24) is 9.80 Å². The Bertz CT molecular complexity index is 1170. The molecular weight excluding hydrogens is 475 g/mol. The smallest absolute Gasteiger partial charge is 0.242 e. The molecule has 3 aromatic rings. The number of hydrogen-bond donors (Lipinski definition) is 0. The van der Waals surface area contributed by atoms with Gasteiger partial charge in [-0.25, -0.2) is 4.39 Å². The highest BCUT2D eigenvalue weighted by molar-refractivity contribution is 7.10. The molecule has 2 atom stereocenters. The molecule has 0 saturated carbocycles. The number of halogens is 1. The zero-order valence-corrected chi connectivity index (χ0v) is 21.7. The number of ether oxygens (including phenoxy) is 1. The Morgan fingerprint density at radius 3 is 2.64 bits per heavy atom. The number of para-hydroxylation sites is 1. The summed E-state index contributed by atoms with van der Waals surface area (Å²) in [6.07, 6.45) is 1.95. The van der Waals surface area contributed by atoms with Crippen LogP contribution in [0.3, 0.4) is 0 Å². The van der Waals surface area contributed by atoms with E-state index in [2.05, 4.69) is 13.8 Å². The van der Waals surface area contributed by atoms with Gasteiger partial charge < -0.3 is 14.5 Å². The predicted molar refractivity (Wildman–Crippen MR) is 141 cm³/mol. The lowest BCUT2D eigenvalue weighted by Gasteiger charge is -2.37. The molecule has 1 aliphatic heterocycles. The van der Waals surface area contributed by atoms with Crippen LogP contribution in [0.15, 0.2) is 66.0 Å². The molecule has 0 N–H and O–H groups in total. The zero-order chi connectivity index (χ0) is 25.5. The van der Waals surface area contributed by atoms with Crippen molar-refractivity contribution in [1.29, 1.82) is 0 Å². The summed E-state index contributed by atoms with van der Waals surface area (Å²) in [4.78, 5) is 31.6. The second-order valence-electron chi connectivity index (χ2n) is 9.34. The van der Waals surface area contributed by atoms with Gasteiger partial charge in [0.2, 0.25) is 11.8 Å². The molecule has 0 aliphatic carbocycles. The Balaban J connectivity index is 1.51. The molecule has 2 amide bonds. The molecule has 0 unspecified atom stereocenters. The normalized spacial score (nSPS) is 15.8. The number of nitrogens with zero attached hydrogens (tertiary/aromatic N) is 2. The summed E-state index contributed by atoms with van der Waals surface area (Å²) in [6.45, 7) is 5.43. The van der Waals surface area contributed by atoms with Crippen LogP contribution in [0.25, 0.3) is 0 Å². The Morgan fingerprint density at radius 1 is 1.14 bits per heavy atom. The number of carbonyl (C=O) groups excluding carboxylic acids is 2. The zero-order valence-electron chi connectivity index (χ0n) is 20.9. The average molecular weight is 509 g/mol. The fourth-order valence-electron chi connectivity index (χ4n) is 4.50. The largest absolute Gasteiger partial charge is 0.488 e. The van der Waals surface area contributed by atoms with Crippen LogP contribution < -0.4 is 4.74 Å². The summed E-state index contributed by atoms with van der Waals surface area (Å²) in [5.41, 5.74) is 1.97. The van der Waals surface area contributed by atoms with Gasteiger partial charge in [-0.3, -0.25) is 9.59 Å². The van der Waals surface area contributed by atoms with Crippen LogP contribution in [0.1, 0.15) is 42.3 Å². The van der Waals surface area contributed by atoms with Crippen LogP contribution in [0.5, 0.6) is 5.75 Å². The van der Waals surface area contributed by atoms with Gasteiger partial charge in [-0.1, -0.05) is 62.7 Å². The minimum atomic E-state index is -0.428. The number of amides is 2. The molecule has 1 aliphatic rings. The van der Waals surface area contributed by atoms with Crippen molar-refractivity contribution in [2.24, 2.45) is 5.92 Å². The topological polar surface area (TPSA) is 49.9 Å². The van der Waals surface area contributed by atoms with Crippen LogP contribution >= 0.6 is 11.3 Å². The molecular formula is C29H33FN2O3S. The first-order chi connectivity index (χ1) is 17.5. The lowest BCUT2D eigenvalue weighted by Crippen LogP contribution is -2.48. The molecule has 4 rings (SSSR count). The van der Waals surface area contributed by atoms with Crippen molar-refractivity contribution in [3.63, 3.8) is 0 Å². The number of benzene rings is 2. The van der Waals surface area contributed by atoms with Crippen LogP contribution in [0.4, 0.5) is 4.39 Å². The van der Waals surface area contributed by atoms with Gasteiger partial charge in [-0.15, -0.1) is 11.3 Å². The van der Waals surface area contributed by atoms with E-state index in [0.29, 0.717) is 13.1 Å². The van der Waals surface area contributed by atoms with E-state index in [1.54, 1.807) is 39.3 Å². The number of rotatable bonds is 10. The molecule has 0 radical (unpaired) electrons. The quantitative estimate of drug-likeness (QED) is 0.363. The minimum Gasteiger partial charge on any atom is -0.488 e.